The summed E-state index contributed by atoms with van der Waals surface area (Å²) >= 11 is 6.29. The third-order valence-corrected chi connectivity index (χ3v) is 8.43. The minimum Gasteiger partial charge on any atom is -0.497 e. The van der Waals surface area contributed by atoms with Gasteiger partial charge >= 0.3 is 0 Å². The van der Waals surface area contributed by atoms with Crippen LogP contribution in [0.5, 0.6) is 5.75 Å². The van der Waals surface area contributed by atoms with Crippen LogP contribution in [0.1, 0.15) is 45.2 Å². The first-order valence-corrected chi connectivity index (χ1v) is 15.2. The molecule has 0 spiro atoms. The first-order chi connectivity index (χ1) is 19.3. The predicted molar refractivity (Wildman–Crippen MR) is 163 cm³/mol. The van der Waals surface area contributed by atoms with E-state index in [4.69, 9.17) is 16.3 Å². The monoisotopic (exact) mass is 599 g/mol. The zero-order valence-corrected chi connectivity index (χ0v) is 25.9. The molecule has 1 atom stereocenters. The quantitative estimate of drug-likeness (QED) is 0.311. The maximum atomic E-state index is 14.2. The molecule has 0 saturated carbocycles. The van der Waals surface area contributed by atoms with E-state index in [1.165, 1.54) is 23.1 Å². The van der Waals surface area contributed by atoms with Gasteiger partial charge in [0.1, 0.15) is 18.3 Å². The maximum Gasteiger partial charge on any atom is 0.264 e. The Kier molecular flexibility index (Phi) is 10.4. The van der Waals surface area contributed by atoms with Crippen molar-refractivity contribution >= 4 is 39.1 Å². The number of aryl methyl sites for hydroxylation is 1. The summed E-state index contributed by atoms with van der Waals surface area (Å²) in [6.45, 7) is 8.69. The number of nitrogens with one attached hydrogen (secondary N) is 1. The summed E-state index contributed by atoms with van der Waals surface area (Å²) in [6.07, 6.45) is 0.319. The topological polar surface area (TPSA) is 96.0 Å². The van der Waals surface area contributed by atoms with Crippen LogP contribution in [0.15, 0.2) is 77.7 Å². The van der Waals surface area contributed by atoms with Crippen LogP contribution in [0.4, 0.5) is 5.69 Å². The minimum absolute atomic E-state index is 0.0315. The Balaban J connectivity index is 2.11. The number of benzene rings is 3. The van der Waals surface area contributed by atoms with Crippen LogP contribution in [-0.4, -0.2) is 50.4 Å². The average molecular weight is 600 g/mol. The van der Waals surface area contributed by atoms with Crippen molar-refractivity contribution in [2.45, 2.75) is 64.1 Å². The van der Waals surface area contributed by atoms with Crippen LogP contribution in [-0.2, 0) is 26.2 Å². The van der Waals surface area contributed by atoms with E-state index in [0.717, 1.165) is 9.87 Å². The van der Waals surface area contributed by atoms with Crippen LogP contribution in [0, 0.1) is 6.92 Å². The van der Waals surface area contributed by atoms with Gasteiger partial charge in [-0.3, -0.25) is 13.9 Å². The zero-order chi connectivity index (χ0) is 30.4. The van der Waals surface area contributed by atoms with Crippen molar-refractivity contribution in [3.8, 4) is 5.75 Å². The maximum absolute atomic E-state index is 14.2. The number of sulfonamides is 1. The fraction of sp³-hybridized carbons (Fsp3) is 0.355. The van der Waals surface area contributed by atoms with Gasteiger partial charge in [-0.15, -0.1) is 0 Å². The highest BCUT2D eigenvalue weighted by atomic mass is 35.5. The van der Waals surface area contributed by atoms with E-state index in [1.807, 2.05) is 33.8 Å². The molecule has 41 heavy (non-hydrogen) atoms. The number of rotatable bonds is 11. The molecule has 3 aromatic rings. The molecule has 10 heteroatoms. The van der Waals surface area contributed by atoms with Crippen molar-refractivity contribution in [1.82, 2.24) is 10.2 Å². The van der Waals surface area contributed by atoms with E-state index in [1.54, 1.807) is 62.6 Å². The lowest BCUT2D eigenvalue weighted by Crippen LogP contribution is -2.55. The van der Waals surface area contributed by atoms with Crippen LogP contribution in [0.2, 0.25) is 5.02 Å². The van der Waals surface area contributed by atoms with Crippen LogP contribution >= 0.6 is 11.6 Å². The number of carbonyl (C=O) groups is 2. The van der Waals surface area contributed by atoms with Gasteiger partial charge < -0.3 is 15.0 Å². The van der Waals surface area contributed by atoms with E-state index in [9.17, 15) is 18.0 Å². The lowest BCUT2D eigenvalue weighted by molar-refractivity contribution is -0.141. The van der Waals surface area contributed by atoms with Crippen molar-refractivity contribution in [1.29, 1.82) is 0 Å². The normalized spacial score (nSPS) is 12.4. The second kappa shape index (κ2) is 13.4. The molecule has 1 unspecified atom stereocenters. The predicted octanol–water partition coefficient (Wildman–Crippen LogP) is 5.57. The fourth-order valence-electron chi connectivity index (χ4n) is 4.42. The average Bonchev–Trinajstić information content (AvgIpc) is 2.92. The highest BCUT2D eigenvalue weighted by Gasteiger charge is 2.35. The molecule has 3 rings (SSSR count). The van der Waals surface area contributed by atoms with Crippen molar-refractivity contribution in [3.63, 3.8) is 0 Å². The zero-order valence-electron chi connectivity index (χ0n) is 24.3. The van der Waals surface area contributed by atoms with Gasteiger partial charge in [0.05, 0.1) is 17.7 Å². The van der Waals surface area contributed by atoms with Crippen LogP contribution in [0.25, 0.3) is 0 Å². The van der Waals surface area contributed by atoms with E-state index in [2.05, 4.69) is 5.32 Å². The first-order valence-electron chi connectivity index (χ1n) is 13.3. The van der Waals surface area contributed by atoms with E-state index >= 15 is 0 Å². The Morgan fingerprint density at radius 3 is 2.29 bits per heavy atom. The van der Waals surface area contributed by atoms with Gasteiger partial charge in [-0.1, -0.05) is 54.9 Å². The number of amides is 2. The molecule has 220 valence electrons. The standard InChI is InChI=1S/C31H38ClN3O5S/c1-7-27(30(37)33-31(3,4)5)34(20-23-12-11-13-25(18-23)40-6)29(36)21-35(28-19-24(32)17-16-22(28)2)41(38,39)26-14-9-8-10-15-26/h8-19,27H,7,20-21H2,1-6H3,(H,33,37). The second-order valence-corrected chi connectivity index (χ2v) is 13.1. The number of hydrogen-bond donors (Lipinski definition) is 1. The summed E-state index contributed by atoms with van der Waals surface area (Å²) in [4.78, 5) is 29.1. The summed E-state index contributed by atoms with van der Waals surface area (Å²) in [7, 11) is -2.63. The molecule has 0 saturated heterocycles. The highest BCUT2D eigenvalue weighted by Crippen LogP contribution is 2.30. The number of carbonyl (C=O) groups excluding carboxylic acids is 2. The summed E-state index contributed by atoms with van der Waals surface area (Å²) in [5.41, 5.74) is 1.10. The van der Waals surface area contributed by atoms with Crippen LogP contribution in [0.3, 0.4) is 0 Å². The smallest absolute Gasteiger partial charge is 0.264 e. The number of anilines is 1. The Morgan fingerprint density at radius 2 is 1.68 bits per heavy atom. The SMILES string of the molecule is CCC(C(=O)NC(C)(C)C)N(Cc1cccc(OC)c1)C(=O)CN(c1cc(Cl)ccc1C)S(=O)(=O)c1ccccc1. The second-order valence-electron chi connectivity index (χ2n) is 10.8. The first kappa shape index (κ1) is 32.0. The molecule has 1 N–H and O–H groups in total. The van der Waals surface area contributed by atoms with E-state index in [0.29, 0.717) is 22.8 Å². The Labute approximate surface area is 248 Å². The molecule has 0 heterocycles. The third kappa shape index (κ3) is 8.24. The summed E-state index contributed by atoms with van der Waals surface area (Å²) < 4.78 is 34.4. The molecule has 0 aliphatic heterocycles. The number of hydrogen-bond acceptors (Lipinski definition) is 5. The largest absolute Gasteiger partial charge is 0.497 e. The van der Waals surface area contributed by atoms with E-state index in [-0.39, 0.29) is 23.0 Å². The number of ether oxygens (including phenoxy) is 1. The highest BCUT2D eigenvalue weighted by molar-refractivity contribution is 7.92. The molecule has 0 radical (unpaired) electrons. The van der Waals surface area contributed by atoms with Crippen LogP contribution < -0.4 is 14.4 Å². The van der Waals surface area contributed by atoms with Gasteiger partial charge in [0, 0.05) is 17.1 Å². The van der Waals surface area contributed by atoms with Gasteiger partial charge in [0.15, 0.2) is 0 Å². The molecule has 0 fully saturated rings. The molecule has 0 aliphatic rings. The van der Waals surface area contributed by atoms with Gasteiger partial charge in [-0.05, 0) is 81.6 Å². The van der Waals surface area contributed by atoms with Gasteiger partial charge in [0.2, 0.25) is 11.8 Å². The Hall–Kier alpha value is -3.56. The van der Waals surface area contributed by atoms with Gasteiger partial charge in [-0.25, -0.2) is 8.42 Å². The molecule has 8 nitrogen and oxygen atoms in total. The summed E-state index contributed by atoms with van der Waals surface area (Å²) in [5.74, 6) is -0.264. The number of methoxy groups -OCH3 is 1. The third-order valence-electron chi connectivity index (χ3n) is 6.42. The molecule has 0 bridgehead atoms. The Bertz CT molecular complexity index is 1470. The van der Waals surface area contributed by atoms with Gasteiger partial charge in [0.25, 0.3) is 10.0 Å². The van der Waals surface area contributed by atoms with Crippen molar-refractivity contribution in [2.75, 3.05) is 18.0 Å². The Morgan fingerprint density at radius 1 is 1.00 bits per heavy atom. The summed E-state index contributed by atoms with van der Waals surface area (Å²) in [5, 5.41) is 3.29. The molecule has 0 aromatic heterocycles. The number of halogens is 1. The molecular formula is C31H38ClN3O5S. The fourth-order valence-corrected chi connectivity index (χ4v) is 6.08. The summed E-state index contributed by atoms with van der Waals surface area (Å²) in [6, 6.07) is 19.2. The molecule has 0 aliphatic carbocycles. The lowest BCUT2D eigenvalue weighted by Gasteiger charge is -2.35. The molecule has 2 amide bonds. The molecule has 3 aromatic carbocycles. The number of nitrogens with zero attached hydrogens (tertiary/aromatic N) is 2. The van der Waals surface area contributed by atoms with Crippen molar-refractivity contribution < 1.29 is 22.7 Å². The van der Waals surface area contributed by atoms with Crippen molar-refractivity contribution in [3.05, 3.63) is 88.9 Å². The van der Waals surface area contributed by atoms with E-state index < -0.39 is 34.1 Å². The van der Waals surface area contributed by atoms with Gasteiger partial charge in [-0.2, -0.15) is 0 Å². The minimum atomic E-state index is -4.18. The molecular weight excluding hydrogens is 562 g/mol. The lowest BCUT2D eigenvalue weighted by atomic mass is 10.1. The van der Waals surface area contributed by atoms with Crippen molar-refractivity contribution in [2.24, 2.45) is 0 Å².